The molecular formula is C19H21NO3. The summed E-state index contributed by atoms with van der Waals surface area (Å²) in [4.78, 5) is 24.4. The predicted octanol–water partition coefficient (Wildman–Crippen LogP) is 2.11. The number of carbonyl (C=O) groups is 2. The number of carboxylic acid groups (broad SMARTS) is 1. The summed E-state index contributed by atoms with van der Waals surface area (Å²) < 4.78 is 0. The average Bonchev–Trinajstić information content (AvgIpc) is 3.37. The Hall–Kier alpha value is -2.10. The highest BCUT2D eigenvalue weighted by atomic mass is 16.4. The topological polar surface area (TPSA) is 66.4 Å². The van der Waals surface area contributed by atoms with E-state index in [1.165, 1.54) is 5.56 Å². The lowest BCUT2D eigenvalue weighted by atomic mass is 9.62. The number of rotatable bonds is 5. The summed E-state index contributed by atoms with van der Waals surface area (Å²) >= 11 is 0. The van der Waals surface area contributed by atoms with Gasteiger partial charge in [-0.1, -0.05) is 42.5 Å². The first-order chi connectivity index (χ1) is 11.2. The van der Waals surface area contributed by atoms with Crippen molar-refractivity contribution in [2.24, 2.45) is 35.5 Å². The van der Waals surface area contributed by atoms with Crippen LogP contribution in [0.5, 0.6) is 0 Å². The molecule has 1 aromatic carbocycles. The van der Waals surface area contributed by atoms with Gasteiger partial charge in [-0.05, 0) is 42.1 Å². The van der Waals surface area contributed by atoms with Crippen LogP contribution in [0.3, 0.4) is 0 Å². The number of allylic oxidation sites excluding steroid dienone is 2. The summed E-state index contributed by atoms with van der Waals surface area (Å²) in [5, 5.41) is 12.6. The summed E-state index contributed by atoms with van der Waals surface area (Å²) in [6.07, 6.45) is 6.00. The maximum absolute atomic E-state index is 12.6. The molecule has 4 nitrogen and oxygen atoms in total. The Morgan fingerprint density at radius 3 is 2.35 bits per heavy atom. The van der Waals surface area contributed by atoms with Gasteiger partial charge in [0, 0.05) is 6.54 Å². The van der Waals surface area contributed by atoms with E-state index in [2.05, 4.69) is 11.4 Å². The first-order valence-electron chi connectivity index (χ1n) is 8.39. The van der Waals surface area contributed by atoms with Gasteiger partial charge in [-0.3, -0.25) is 9.59 Å². The summed E-state index contributed by atoms with van der Waals surface area (Å²) in [5.41, 5.74) is 1.18. The molecular weight excluding hydrogens is 290 g/mol. The van der Waals surface area contributed by atoms with Crippen LogP contribution in [-0.4, -0.2) is 23.5 Å². The molecule has 0 unspecified atom stereocenters. The standard InChI is InChI=1S/C19H21NO3/c21-18(20-9-8-11-4-2-1-3-5-11)16-12-6-7-13(15-10-14(12)15)17(16)19(22)23/h1-7,12-17H,8-10H2,(H,20,21)(H,22,23)/t12-,13-,14-,15-,16-,17+/m0/s1. The van der Waals surface area contributed by atoms with Crippen LogP contribution in [-0.2, 0) is 16.0 Å². The van der Waals surface area contributed by atoms with Crippen LogP contribution < -0.4 is 5.32 Å². The van der Waals surface area contributed by atoms with Crippen molar-refractivity contribution in [2.75, 3.05) is 6.54 Å². The Balaban J connectivity index is 1.43. The van der Waals surface area contributed by atoms with Crippen LogP contribution in [0, 0.1) is 35.5 Å². The van der Waals surface area contributed by atoms with Crippen molar-refractivity contribution >= 4 is 11.9 Å². The second kappa shape index (κ2) is 5.52. The van der Waals surface area contributed by atoms with Crippen LogP contribution in [0.1, 0.15) is 12.0 Å². The zero-order chi connectivity index (χ0) is 16.0. The fraction of sp³-hybridized carbons (Fsp3) is 0.474. The van der Waals surface area contributed by atoms with Crippen LogP contribution in [0.25, 0.3) is 0 Å². The Labute approximate surface area is 135 Å². The van der Waals surface area contributed by atoms with Gasteiger partial charge in [0.05, 0.1) is 11.8 Å². The molecule has 0 radical (unpaired) electrons. The zero-order valence-electron chi connectivity index (χ0n) is 12.9. The van der Waals surface area contributed by atoms with Gasteiger partial charge in [-0.25, -0.2) is 0 Å². The Bertz CT molecular complexity index is 654. The van der Waals surface area contributed by atoms with E-state index in [0.29, 0.717) is 18.4 Å². The molecule has 23 heavy (non-hydrogen) atoms. The van der Waals surface area contributed by atoms with E-state index in [1.807, 2.05) is 36.4 Å². The van der Waals surface area contributed by atoms with E-state index in [9.17, 15) is 14.7 Å². The van der Waals surface area contributed by atoms with E-state index < -0.39 is 17.8 Å². The van der Waals surface area contributed by atoms with E-state index in [0.717, 1.165) is 12.8 Å². The number of benzene rings is 1. The second-order valence-electron chi connectivity index (χ2n) is 7.02. The molecule has 0 aromatic heterocycles. The van der Waals surface area contributed by atoms with E-state index >= 15 is 0 Å². The lowest BCUT2D eigenvalue weighted by molar-refractivity contribution is -0.153. The van der Waals surface area contributed by atoms with Crippen molar-refractivity contribution in [2.45, 2.75) is 12.8 Å². The Morgan fingerprint density at radius 1 is 1.04 bits per heavy atom. The summed E-state index contributed by atoms with van der Waals surface area (Å²) in [5.74, 6) is -0.663. The third-order valence-electron chi connectivity index (χ3n) is 5.80. The largest absolute Gasteiger partial charge is 0.481 e. The first kappa shape index (κ1) is 14.5. The highest BCUT2D eigenvalue weighted by Gasteiger charge is 2.62. The quantitative estimate of drug-likeness (QED) is 0.819. The maximum Gasteiger partial charge on any atom is 0.307 e. The monoisotopic (exact) mass is 311 g/mol. The predicted molar refractivity (Wildman–Crippen MR) is 85.5 cm³/mol. The van der Waals surface area contributed by atoms with Gasteiger partial charge in [0.2, 0.25) is 5.91 Å². The third-order valence-corrected chi connectivity index (χ3v) is 5.80. The normalized spacial score (nSPS) is 36.3. The lowest BCUT2D eigenvalue weighted by Gasteiger charge is -2.41. The number of hydrogen-bond donors (Lipinski definition) is 2. The Kier molecular flexibility index (Phi) is 3.47. The highest BCUT2D eigenvalue weighted by molar-refractivity contribution is 5.86. The lowest BCUT2D eigenvalue weighted by Crippen LogP contribution is -2.50. The molecule has 0 saturated heterocycles. The number of fused-ring (bicyclic) bond motifs is 1. The van der Waals surface area contributed by atoms with Gasteiger partial charge in [-0.15, -0.1) is 0 Å². The molecule has 2 bridgehead atoms. The molecule has 0 heterocycles. The van der Waals surface area contributed by atoms with Crippen molar-refractivity contribution in [3.05, 3.63) is 48.0 Å². The van der Waals surface area contributed by atoms with Gasteiger partial charge < -0.3 is 10.4 Å². The maximum atomic E-state index is 12.6. The molecule has 2 N–H and O–H groups in total. The molecule has 1 amide bonds. The number of aliphatic carboxylic acids is 1. The summed E-state index contributed by atoms with van der Waals surface area (Å²) in [7, 11) is 0. The number of carboxylic acids is 1. The molecule has 2 fully saturated rings. The van der Waals surface area contributed by atoms with Crippen molar-refractivity contribution in [1.29, 1.82) is 0 Å². The molecule has 120 valence electrons. The van der Waals surface area contributed by atoms with Crippen molar-refractivity contribution in [3.8, 4) is 0 Å². The number of amides is 1. The van der Waals surface area contributed by atoms with Crippen LogP contribution in [0.15, 0.2) is 42.5 Å². The average molecular weight is 311 g/mol. The molecule has 2 saturated carbocycles. The first-order valence-corrected chi connectivity index (χ1v) is 8.39. The molecule has 6 atom stereocenters. The minimum absolute atomic E-state index is 0.0485. The summed E-state index contributed by atoms with van der Waals surface area (Å²) in [6.45, 7) is 0.556. The molecule has 4 aliphatic rings. The van der Waals surface area contributed by atoms with E-state index in [-0.39, 0.29) is 17.7 Å². The molecule has 5 rings (SSSR count). The highest BCUT2D eigenvalue weighted by Crippen LogP contribution is 2.63. The zero-order valence-corrected chi connectivity index (χ0v) is 12.9. The number of hydrogen-bond acceptors (Lipinski definition) is 2. The van der Waals surface area contributed by atoms with Gasteiger partial charge in [0.1, 0.15) is 0 Å². The minimum Gasteiger partial charge on any atom is -0.481 e. The SMILES string of the molecule is O=C(O)[C@@H]1[C@H]2C=C[C@@H]([C@@H]3C[C@@H]23)[C@@H]1C(=O)NCCc1ccccc1. The fourth-order valence-corrected chi connectivity index (χ4v) is 4.66. The number of carbonyl (C=O) groups excluding carboxylic acids is 1. The van der Waals surface area contributed by atoms with Gasteiger partial charge in [0.15, 0.2) is 0 Å². The van der Waals surface area contributed by atoms with Crippen LogP contribution in [0.2, 0.25) is 0 Å². The van der Waals surface area contributed by atoms with E-state index in [1.54, 1.807) is 0 Å². The minimum atomic E-state index is -0.821. The molecule has 1 aromatic rings. The Morgan fingerprint density at radius 2 is 1.70 bits per heavy atom. The van der Waals surface area contributed by atoms with Crippen LogP contribution in [0.4, 0.5) is 0 Å². The van der Waals surface area contributed by atoms with Crippen molar-refractivity contribution in [1.82, 2.24) is 5.32 Å². The second-order valence-corrected chi connectivity index (χ2v) is 7.02. The third kappa shape index (κ3) is 2.46. The van der Waals surface area contributed by atoms with Gasteiger partial charge in [0.25, 0.3) is 0 Å². The molecule has 0 spiro atoms. The van der Waals surface area contributed by atoms with Crippen molar-refractivity contribution < 1.29 is 14.7 Å². The van der Waals surface area contributed by atoms with Gasteiger partial charge >= 0.3 is 5.97 Å². The summed E-state index contributed by atoms with van der Waals surface area (Å²) in [6, 6.07) is 10.0. The van der Waals surface area contributed by atoms with E-state index in [4.69, 9.17) is 0 Å². The fourth-order valence-electron chi connectivity index (χ4n) is 4.66. The molecule has 0 aliphatic heterocycles. The van der Waals surface area contributed by atoms with Crippen LogP contribution >= 0.6 is 0 Å². The van der Waals surface area contributed by atoms with Crippen molar-refractivity contribution in [3.63, 3.8) is 0 Å². The number of nitrogens with one attached hydrogen (secondary N) is 1. The molecule has 4 aliphatic carbocycles. The smallest absolute Gasteiger partial charge is 0.307 e. The van der Waals surface area contributed by atoms with Gasteiger partial charge in [-0.2, -0.15) is 0 Å². The molecule has 4 heteroatoms.